The Morgan fingerprint density at radius 3 is 2.12 bits per heavy atom. The molecule has 3 rings (SSSR count). The maximum Gasteiger partial charge on any atom is 0.416 e. The zero-order valence-corrected chi connectivity index (χ0v) is 21.1. The topological polar surface area (TPSA) is 132 Å². The lowest BCUT2D eigenvalue weighted by Crippen LogP contribution is -2.70. The van der Waals surface area contributed by atoms with E-state index in [1.165, 1.54) is 30.0 Å². The number of nitrogens with one attached hydrogen (secondary N) is 1. The number of anilines is 2. The molecular formula is C22H18B6F3N3O6. The number of ether oxygens (including phenoxy) is 1. The quantitative estimate of drug-likeness (QED) is 0.249. The van der Waals surface area contributed by atoms with E-state index in [0.29, 0.717) is 5.56 Å². The molecule has 2 aromatic rings. The first-order valence-corrected chi connectivity index (χ1v) is 11.4. The largest absolute Gasteiger partial charge is 0.466 e. The lowest BCUT2D eigenvalue weighted by molar-refractivity contribution is -0.210. The number of halogens is 3. The van der Waals surface area contributed by atoms with Crippen LogP contribution in [0.1, 0.15) is 23.1 Å². The summed E-state index contributed by atoms with van der Waals surface area (Å²) < 4.78 is 44.0. The van der Waals surface area contributed by atoms with Crippen molar-refractivity contribution in [2.45, 2.75) is 42.3 Å². The number of aromatic nitrogens is 1. The van der Waals surface area contributed by atoms with Crippen LogP contribution in [0.3, 0.4) is 0 Å². The Morgan fingerprint density at radius 2 is 1.65 bits per heavy atom. The number of alkyl halides is 3. The van der Waals surface area contributed by atoms with Gasteiger partial charge in [-0.3, -0.25) is 9.59 Å². The number of nitrogens with zero attached hydrogens (tertiary/aromatic N) is 2. The van der Waals surface area contributed by atoms with Crippen molar-refractivity contribution in [3.63, 3.8) is 0 Å². The molecule has 1 unspecified atom stereocenters. The number of pyridine rings is 1. The SMILES string of the molecule is [B]C([B])([B])C(CC(=O)Nc1nc2c(cc1C)N(Cc1ccc(C(F)(F)F)cc1)C(=O)CO2)(C([B])([B])O)C([B])(O)O. The van der Waals surface area contributed by atoms with E-state index in [1.54, 1.807) is 0 Å². The minimum absolute atomic E-state index is 0.106. The Hall–Kier alpha value is -2.83. The van der Waals surface area contributed by atoms with E-state index in [0.717, 1.165) is 12.1 Å². The highest BCUT2D eigenvalue weighted by molar-refractivity contribution is 6.61. The molecule has 0 bridgehead atoms. The standard InChI is InChI=1S/C22H18B6F3N3O6/c1-10-6-13-17(40-9-15(36)34(13)8-11-2-4-12(5-3-11)19(29,30)31)33-16(10)32-14(35)7-18(20(23,24)25,21(26,27)37)22(28,38)39/h2-6,37-39H,7-9H2,1H3,(H,32,33,35). The summed E-state index contributed by atoms with van der Waals surface area (Å²) in [6, 6.07) is 5.66. The Kier molecular flexibility index (Phi) is 8.35. The fraction of sp³-hybridized carbons (Fsp3) is 0.409. The van der Waals surface area contributed by atoms with Gasteiger partial charge in [-0.2, -0.15) is 18.2 Å². The monoisotopic (exact) mass is 543 g/mol. The van der Waals surface area contributed by atoms with Gasteiger partial charge in [0.2, 0.25) is 11.8 Å². The number of aliphatic hydroxyl groups is 3. The first kappa shape index (κ1) is 31.7. The van der Waals surface area contributed by atoms with Gasteiger partial charge >= 0.3 is 6.18 Å². The molecule has 2 amide bonds. The maximum atomic E-state index is 12.9. The second kappa shape index (κ2) is 10.5. The zero-order valence-electron chi connectivity index (χ0n) is 21.1. The Bertz CT molecular complexity index is 1260. The van der Waals surface area contributed by atoms with Crippen molar-refractivity contribution in [2.75, 3.05) is 16.8 Å². The number of hydrogen-bond donors (Lipinski definition) is 4. The van der Waals surface area contributed by atoms with Crippen LogP contribution < -0.4 is 15.0 Å². The molecule has 9 nitrogen and oxygen atoms in total. The van der Waals surface area contributed by atoms with E-state index < -0.39 is 58.2 Å². The summed E-state index contributed by atoms with van der Waals surface area (Å²) in [5.74, 6) is -1.89. The fourth-order valence-electron chi connectivity index (χ4n) is 4.31. The van der Waals surface area contributed by atoms with Crippen LogP contribution in [0, 0.1) is 12.3 Å². The molecule has 1 aliphatic heterocycles. The number of rotatable bonds is 8. The number of hydrogen-bond acceptors (Lipinski definition) is 7. The summed E-state index contributed by atoms with van der Waals surface area (Å²) in [6.45, 7) is 0.915. The predicted octanol–water partition coefficient (Wildman–Crippen LogP) is -0.981. The third-order valence-electron chi connectivity index (χ3n) is 6.44. The van der Waals surface area contributed by atoms with Crippen molar-refractivity contribution in [1.82, 2.24) is 4.98 Å². The van der Waals surface area contributed by atoms with Crippen molar-refractivity contribution >= 4 is 70.4 Å². The number of fused-ring (bicyclic) bond motifs is 1. The second-order valence-corrected chi connectivity index (χ2v) is 9.56. The van der Waals surface area contributed by atoms with Crippen LogP contribution in [0.5, 0.6) is 5.88 Å². The van der Waals surface area contributed by atoms with Crippen LogP contribution in [-0.4, -0.2) is 96.9 Å². The third kappa shape index (κ3) is 6.08. The van der Waals surface area contributed by atoms with Crippen molar-refractivity contribution in [3.05, 3.63) is 47.0 Å². The molecule has 4 N–H and O–H groups in total. The van der Waals surface area contributed by atoms with Crippen molar-refractivity contribution in [1.29, 1.82) is 0 Å². The molecule has 12 radical (unpaired) electrons. The highest BCUT2D eigenvalue weighted by Gasteiger charge is 2.60. The van der Waals surface area contributed by atoms with Crippen LogP contribution in [-0.2, 0) is 22.3 Å². The van der Waals surface area contributed by atoms with E-state index >= 15 is 0 Å². The number of benzene rings is 1. The van der Waals surface area contributed by atoms with E-state index in [-0.39, 0.29) is 29.5 Å². The van der Waals surface area contributed by atoms with Gasteiger partial charge < -0.3 is 30.3 Å². The molecular weight excluding hydrogens is 524 g/mol. The molecule has 1 atom stereocenters. The lowest BCUT2D eigenvalue weighted by Gasteiger charge is -2.60. The van der Waals surface area contributed by atoms with Crippen LogP contribution >= 0.6 is 0 Å². The summed E-state index contributed by atoms with van der Waals surface area (Å²) >= 11 is 0. The van der Waals surface area contributed by atoms with Crippen LogP contribution in [0.2, 0.25) is 5.11 Å². The number of aryl methyl sites for hydroxylation is 1. The van der Waals surface area contributed by atoms with Gasteiger partial charge in [-0.05, 0) is 41.6 Å². The Labute approximate surface area is 235 Å². The minimum Gasteiger partial charge on any atom is -0.466 e. The normalized spacial score (nSPS) is 16.1. The zero-order chi connectivity index (χ0) is 30.5. The summed E-state index contributed by atoms with van der Waals surface area (Å²) in [5, 5.41) is 26.8. The molecule has 0 spiro atoms. The average molecular weight is 542 g/mol. The molecule has 18 heteroatoms. The van der Waals surface area contributed by atoms with E-state index in [2.05, 4.69) is 10.3 Å². The van der Waals surface area contributed by atoms with Crippen molar-refractivity contribution in [2.24, 2.45) is 5.41 Å². The summed E-state index contributed by atoms with van der Waals surface area (Å²) in [4.78, 5) is 30.9. The smallest absolute Gasteiger partial charge is 0.416 e. The van der Waals surface area contributed by atoms with Crippen LogP contribution in [0.15, 0.2) is 30.3 Å². The summed E-state index contributed by atoms with van der Waals surface area (Å²) in [5.41, 5.74) is -6.64. The highest BCUT2D eigenvalue weighted by atomic mass is 19.4. The van der Waals surface area contributed by atoms with E-state index in [9.17, 15) is 38.1 Å². The second-order valence-electron chi connectivity index (χ2n) is 9.56. The number of carbonyl (C=O) groups is 2. The van der Waals surface area contributed by atoms with Gasteiger partial charge in [0, 0.05) is 11.8 Å². The molecule has 1 aliphatic rings. The molecule has 40 heavy (non-hydrogen) atoms. The molecule has 0 aliphatic carbocycles. The average Bonchev–Trinajstić information content (AvgIpc) is 2.77. The Balaban J connectivity index is 1.90. The van der Waals surface area contributed by atoms with Gasteiger partial charge in [0.15, 0.2) is 14.5 Å². The first-order chi connectivity index (χ1) is 18.1. The van der Waals surface area contributed by atoms with E-state index in [4.69, 9.17) is 51.8 Å². The minimum atomic E-state index is -4.52. The molecule has 196 valence electrons. The van der Waals surface area contributed by atoms with Gasteiger partial charge in [0.05, 0.1) is 51.3 Å². The third-order valence-corrected chi connectivity index (χ3v) is 6.44. The van der Waals surface area contributed by atoms with Crippen LogP contribution in [0.4, 0.5) is 24.7 Å². The highest BCUT2D eigenvalue weighted by Crippen LogP contribution is 2.53. The number of amides is 2. The molecule has 0 saturated carbocycles. The van der Waals surface area contributed by atoms with E-state index in [1.807, 2.05) is 0 Å². The van der Waals surface area contributed by atoms with Gasteiger partial charge in [-0.25, -0.2) is 0 Å². The fourth-order valence-corrected chi connectivity index (χ4v) is 4.31. The van der Waals surface area contributed by atoms with Crippen molar-refractivity contribution in [3.8, 4) is 5.88 Å². The number of carbonyl (C=O) groups excluding carboxylic acids is 2. The van der Waals surface area contributed by atoms with Crippen LogP contribution in [0.25, 0.3) is 0 Å². The first-order valence-electron chi connectivity index (χ1n) is 11.4. The molecule has 0 saturated heterocycles. The van der Waals surface area contributed by atoms with Gasteiger partial charge in [0.25, 0.3) is 5.91 Å². The van der Waals surface area contributed by atoms with Crippen molar-refractivity contribution < 1.29 is 42.8 Å². The van der Waals surface area contributed by atoms with Gasteiger partial charge in [-0.1, -0.05) is 12.1 Å². The summed E-state index contributed by atoms with van der Waals surface area (Å²) in [7, 11) is 33.0. The molecule has 2 heterocycles. The molecule has 1 aromatic heterocycles. The lowest BCUT2D eigenvalue weighted by atomic mass is 9.22. The predicted molar refractivity (Wildman–Crippen MR) is 142 cm³/mol. The Morgan fingerprint density at radius 1 is 1.07 bits per heavy atom. The molecule has 0 fully saturated rings. The molecule has 1 aromatic carbocycles. The van der Waals surface area contributed by atoms with Gasteiger partial charge in [-0.15, -0.1) is 5.11 Å². The summed E-state index contributed by atoms with van der Waals surface area (Å²) in [6.07, 6.45) is -5.74. The maximum absolute atomic E-state index is 12.9. The van der Waals surface area contributed by atoms with Gasteiger partial charge in [0.1, 0.15) is 17.2 Å².